The third-order valence-corrected chi connectivity index (χ3v) is 3.53. The van der Waals surface area contributed by atoms with Crippen LogP contribution in [0.4, 0.5) is 0 Å². The van der Waals surface area contributed by atoms with Crippen LogP contribution in [-0.2, 0) is 9.53 Å². The van der Waals surface area contributed by atoms with E-state index in [-0.39, 0.29) is 18.5 Å². The van der Waals surface area contributed by atoms with Gasteiger partial charge in [0.2, 0.25) is 0 Å². The second-order valence-electron chi connectivity index (χ2n) is 5.91. The van der Waals surface area contributed by atoms with Gasteiger partial charge in [0.25, 0.3) is 0 Å². The van der Waals surface area contributed by atoms with Crippen molar-refractivity contribution in [1.82, 2.24) is 0 Å². The average molecular weight is 314 g/mol. The Balaban J connectivity index is 3.33. The third kappa shape index (κ3) is 15.5. The third-order valence-electron chi connectivity index (χ3n) is 3.53. The molecule has 0 heterocycles. The van der Waals surface area contributed by atoms with E-state index in [2.05, 4.69) is 12.2 Å². The van der Waals surface area contributed by atoms with E-state index in [0.717, 1.165) is 51.4 Å². The van der Waals surface area contributed by atoms with Gasteiger partial charge < -0.3 is 14.9 Å². The summed E-state index contributed by atoms with van der Waals surface area (Å²) in [5.74, 6) is -0.312. The van der Waals surface area contributed by atoms with Crippen molar-refractivity contribution in [2.45, 2.75) is 90.3 Å². The molecule has 2 unspecified atom stereocenters. The first kappa shape index (κ1) is 21.1. The topological polar surface area (TPSA) is 66.8 Å². The lowest BCUT2D eigenvalue weighted by atomic mass is 10.1. The smallest absolute Gasteiger partial charge is 0.308 e. The van der Waals surface area contributed by atoms with E-state index in [4.69, 9.17) is 9.84 Å². The first-order valence-electron chi connectivity index (χ1n) is 8.73. The minimum atomic E-state index is -0.566. The molecule has 4 nitrogen and oxygen atoms in total. The number of unbranched alkanes of at least 4 members (excludes halogenated alkanes) is 5. The lowest BCUT2D eigenvalue weighted by Crippen LogP contribution is -2.15. The summed E-state index contributed by atoms with van der Waals surface area (Å²) in [6, 6.07) is 0. The van der Waals surface area contributed by atoms with E-state index in [9.17, 15) is 9.90 Å². The first-order valence-corrected chi connectivity index (χ1v) is 8.73. The molecule has 0 aliphatic heterocycles. The summed E-state index contributed by atoms with van der Waals surface area (Å²) in [6.45, 7) is 3.97. The van der Waals surface area contributed by atoms with E-state index < -0.39 is 6.10 Å². The van der Waals surface area contributed by atoms with Crippen molar-refractivity contribution in [3.8, 4) is 0 Å². The Morgan fingerprint density at radius 3 is 2.18 bits per heavy atom. The van der Waals surface area contributed by atoms with E-state index in [1.54, 1.807) is 6.92 Å². The van der Waals surface area contributed by atoms with Crippen LogP contribution in [0.1, 0.15) is 78.1 Å². The molecule has 0 aliphatic rings. The second-order valence-corrected chi connectivity index (χ2v) is 5.91. The van der Waals surface area contributed by atoms with Gasteiger partial charge in [-0.05, 0) is 52.4 Å². The van der Waals surface area contributed by atoms with Gasteiger partial charge in [0.05, 0.1) is 25.2 Å². The van der Waals surface area contributed by atoms with Crippen LogP contribution in [0.5, 0.6) is 0 Å². The fraction of sp³-hybridized carbons (Fsp3) is 0.833. The Kier molecular flexibility index (Phi) is 14.4. The van der Waals surface area contributed by atoms with E-state index in [1.807, 2.05) is 6.92 Å². The lowest BCUT2D eigenvalue weighted by molar-refractivity contribution is -0.145. The number of aliphatic hydroxyl groups excluding tert-OH is 2. The van der Waals surface area contributed by atoms with Crippen molar-refractivity contribution >= 4 is 5.97 Å². The second kappa shape index (κ2) is 15.0. The Labute approximate surface area is 135 Å². The molecule has 2 N–H and O–H groups in total. The molecule has 0 amide bonds. The summed E-state index contributed by atoms with van der Waals surface area (Å²) >= 11 is 0. The van der Waals surface area contributed by atoms with Crippen molar-refractivity contribution in [3.05, 3.63) is 12.2 Å². The van der Waals surface area contributed by atoms with Crippen LogP contribution in [-0.4, -0.2) is 35.0 Å². The normalized spacial score (nSPS) is 14.2. The number of esters is 1. The van der Waals surface area contributed by atoms with Gasteiger partial charge in [0.15, 0.2) is 0 Å². The molecule has 0 saturated carbocycles. The number of allylic oxidation sites excluding steroid dienone is 2. The Bertz CT molecular complexity index is 287. The number of ether oxygens (including phenoxy) is 1. The number of hydrogen-bond acceptors (Lipinski definition) is 4. The highest BCUT2D eigenvalue weighted by molar-refractivity contribution is 5.69. The molecule has 0 aromatic rings. The molecule has 0 bridgehead atoms. The Hall–Kier alpha value is -0.870. The zero-order chi connectivity index (χ0) is 16.6. The van der Waals surface area contributed by atoms with Crippen molar-refractivity contribution in [2.24, 2.45) is 0 Å². The molecule has 0 rings (SSSR count). The molecule has 0 spiro atoms. The minimum absolute atomic E-state index is 0.111. The molecule has 4 heteroatoms. The zero-order valence-corrected chi connectivity index (χ0v) is 14.3. The van der Waals surface area contributed by atoms with Gasteiger partial charge in [-0.3, -0.25) is 4.79 Å². The first-order chi connectivity index (χ1) is 10.6. The van der Waals surface area contributed by atoms with Gasteiger partial charge in [-0.1, -0.05) is 31.4 Å². The van der Waals surface area contributed by atoms with Crippen LogP contribution in [0.3, 0.4) is 0 Å². The van der Waals surface area contributed by atoms with E-state index >= 15 is 0 Å². The fourth-order valence-corrected chi connectivity index (χ4v) is 2.27. The highest BCUT2D eigenvalue weighted by atomic mass is 16.5. The van der Waals surface area contributed by atoms with Crippen LogP contribution < -0.4 is 0 Å². The molecule has 0 radical (unpaired) electrons. The number of carbonyl (C=O) groups excluding carboxylic acids is 1. The highest BCUT2D eigenvalue weighted by Gasteiger charge is 2.10. The van der Waals surface area contributed by atoms with Gasteiger partial charge in [-0.2, -0.15) is 0 Å². The number of aliphatic hydroxyl groups is 2. The van der Waals surface area contributed by atoms with Gasteiger partial charge >= 0.3 is 5.97 Å². The standard InChI is InChI=1S/C18H34O4/c1-3-22-18(21)15-17(20)14-12-10-8-6-4-5-7-9-11-13-16(2)19/h4-5,16-17,19-20H,3,6-15H2,1-2H3/b5-4-. The highest BCUT2D eigenvalue weighted by Crippen LogP contribution is 2.10. The van der Waals surface area contributed by atoms with Crippen molar-refractivity contribution < 1.29 is 19.7 Å². The molecule has 22 heavy (non-hydrogen) atoms. The van der Waals surface area contributed by atoms with Gasteiger partial charge in [0, 0.05) is 0 Å². The SMILES string of the molecule is CCOC(=O)CC(O)CCCCC/C=C\CCCCC(C)O. The summed E-state index contributed by atoms with van der Waals surface area (Å²) in [5, 5.41) is 18.8. The molecular weight excluding hydrogens is 280 g/mol. The predicted octanol–water partition coefficient (Wildman–Crippen LogP) is 3.75. The Morgan fingerprint density at radius 1 is 1.00 bits per heavy atom. The number of rotatable bonds is 14. The Morgan fingerprint density at radius 2 is 1.59 bits per heavy atom. The quantitative estimate of drug-likeness (QED) is 0.291. The average Bonchev–Trinajstić information content (AvgIpc) is 2.44. The fourth-order valence-electron chi connectivity index (χ4n) is 2.27. The maximum Gasteiger partial charge on any atom is 0.308 e. The summed E-state index contributed by atoms with van der Waals surface area (Å²) < 4.78 is 4.80. The predicted molar refractivity (Wildman–Crippen MR) is 89.6 cm³/mol. The van der Waals surface area contributed by atoms with Crippen molar-refractivity contribution in [2.75, 3.05) is 6.61 Å². The summed E-state index contributed by atoms with van der Waals surface area (Å²) in [6.07, 6.45) is 12.9. The van der Waals surface area contributed by atoms with Crippen molar-refractivity contribution in [3.63, 3.8) is 0 Å². The summed E-state index contributed by atoms with van der Waals surface area (Å²) in [4.78, 5) is 11.2. The molecule has 0 aliphatic carbocycles. The van der Waals surface area contributed by atoms with Crippen molar-refractivity contribution in [1.29, 1.82) is 0 Å². The monoisotopic (exact) mass is 314 g/mol. The maximum absolute atomic E-state index is 11.2. The summed E-state index contributed by atoms with van der Waals surface area (Å²) in [5.41, 5.74) is 0. The maximum atomic E-state index is 11.2. The zero-order valence-electron chi connectivity index (χ0n) is 14.3. The number of hydrogen-bond donors (Lipinski definition) is 2. The molecular formula is C18H34O4. The van der Waals surface area contributed by atoms with Crippen LogP contribution >= 0.6 is 0 Å². The molecule has 2 atom stereocenters. The van der Waals surface area contributed by atoms with Gasteiger partial charge in [-0.25, -0.2) is 0 Å². The number of carbonyl (C=O) groups is 1. The van der Waals surface area contributed by atoms with Gasteiger partial charge in [0.1, 0.15) is 0 Å². The van der Waals surface area contributed by atoms with Crippen LogP contribution in [0, 0.1) is 0 Å². The van der Waals surface area contributed by atoms with E-state index in [0.29, 0.717) is 13.0 Å². The summed E-state index contributed by atoms with van der Waals surface area (Å²) in [7, 11) is 0. The lowest BCUT2D eigenvalue weighted by Gasteiger charge is -2.09. The molecule has 130 valence electrons. The molecule has 0 aromatic heterocycles. The molecule has 0 saturated heterocycles. The molecule has 0 aromatic carbocycles. The van der Waals surface area contributed by atoms with E-state index in [1.165, 1.54) is 0 Å². The molecule has 0 fully saturated rings. The largest absolute Gasteiger partial charge is 0.466 e. The van der Waals surface area contributed by atoms with Crippen LogP contribution in [0.2, 0.25) is 0 Å². The van der Waals surface area contributed by atoms with Gasteiger partial charge in [-0.15, -0.1) is 0 Å². The van der Waals surface area contributed by atoms with Crippen LogP contribution in [0.25, 0.3) is 0 Å². The van der Waals surface area contributed by atoms with Crippen LogP contribution in [0.15, 0.2) is 12.2 Å². The minimum Gasteiger partial charge on any atom is -0.466 e.